The number of hydrogen-bond acceptors (Lipinski definition) is 3. The number of anilines is 1. The lowest BCUT2D eigenvalue weighted by Crippen LogP contribution is -2.34. The van der Waals surface area contributed by atoms with Gasteiger partial charge in [-0.25, -0.2) is 0 Å². The Morgan fingerprint density at radius 1 is 1.19 bits per heavy atom. The number of benzene rings is 2. The fraction of sp³-hybridized carbons (Fsp3) is 0.286. The van der Waals surface area contributed by atoms with E-state index in [1.165, 1.54) is 5.56 Å². The molecule has 2 N–H and O–H groups in total. The van der Waals surface area contributed by atoms with Crippen molar-refractivity contribution in [2.24, 2.45) is 0 Å². The van der Waals surface area contributed by atoms with E-state index in [2.05, 4.69) is 34.2 Å². The normalized spacial score (nSPS) is 16.7. The lowest BCUT2D eigenvalue weighted by atomic mass is 10.1. The monoisotopic (exact) mass is 382 g/mol. The third-order valence-corrected chi connectivity index (χ3v) is 5.48. The Kier molecular flexibility index (Phi) is 5.87. The topological polar surface area (TPSA) is 35.5 Å². The second kappa shape index (κ2) is 8.13. The maximum Gasteiger partial charge on any atom is 0.174 e. The maximum atomic E-state index is 9.72. The Morgan fingerprint density at radius 3 is 2.54 bits per heavy atom. The Hall–Kier alpha value is -2.00. The summed E-state index contributed by atoms with van der Waals surface area (Å²) in [6.45, 7) is 4.29. The van der Waals surface area contributed by atoms with Crippen LogP contribution in [0.2, 0.25) is 0 Å². The van der Waals surface area contributed by atoms with Gasteiger partial charge in [-0.1, -0.05) is 42.2 Å². The lowest BCUT2D eigenvalue weighted by Gasteiger charge is -2.27. The van der Waals surface area contributed by atoms with Crippen molar-refractivity contribution in [3.05, 3.63) is 65.7 Å². The lowest BCUT2D eigenvalue weighted by molar-refractivity contribution is 0.143. The van der Waals surface area contributed by atoms with Crippen LogP contribution < -0.4 is 5.32 Å². The first-order chi connectivity index (χ1) is 12.4. The Bertz CT molecular complexity index is 817. The van der Waals surface area contributed by atoms with E-state index in [4.69, 9.17) is 12.2 Å². The number of para-hydroxylation sites is 1. The molecule has 1 fully saturated rings. The predicted molar refractivity (Wildman–Crippen MR) is 114 cm³/mol. The zero-order valence-corrected chi connectivity index (χ0v) is 16.5. The molecule has 2 aromatic carbocycles. The smallest absolute Gasteiger partial charge is 0.174 e. The van der Waals surface area contributed by atoms with E-state index in [0.717, 1.165) is 28.7 Å². The Morgan fingerprint density at radius 2 is 1.88 bits per heavy atom. The van der Waals surface area contributed by atoms with Gasteiger partial charge in [-0.15, -0.1) is 11.8 Å². The molecule has 1 unspecified atom stereocenters. The molecule has 3 nitrogen and oxygen atoms in total. The molecular weight excluding hydrogens is 360 g/mol. The van der Waals surface area contributed by atoms with Crippen LogP contribution in [0.15, 0.2) is 54.6 Å². The quantitative estimate of drug-likeness (QED) is 0.600. The number of aliphatic hydroxyl groups is 1. The van der Waals surface area contributed by atoms with Gasteiger partial charge in [0.05, 0.1) is 0 Å². The third-order valence-electron chi connectivity index (χ3n) is 3.89. The minimum absolute atomic E-state index is 0.204. The van der Waals surface area contributed by atoms with Crippen LogP contribution in [0.25, 0.3) is 0 Å². The maximum absolute atomic E-state index is 9.72. The van der Waals surface area contributed by atoms with E-state index >= 15 is 0 Å². The van der Waals surface area contributed by atoms with Crippen LogP contribution in [0.4, 0.5) is 5.69 Å². The van der Waals surface area contributed by atoms with Crippen molar-refractivity contribution in [1.82, 2.24) is 4.90 Å². The van der Waals surface area contributed by atoms with Crippen molar-refractivity contribution in [1.29, 1.82) is 0 Å². The van der Waals surface area contributed by atoms with Crippen molar-refractivity contribution >= 4 is 34.8 Å². The molecule has 1 saturated heterocycles. The highest BCUT2D eigenvalue weighted by Gasteiger charge is 2.28. The summed E-state index contributed by atoms with van der Waals surface area (Å²) in [5.74, 6) is 6.89. The highest BCUT2D eigenvalue weighted by molar-refractivity contribution is 7.99. The Labute approximate surface area is 164 Å². The molecule has 0 aliphatic carbocycles. The SMILES string of the molecule is CC(C)(O)C#Cc1ccc(C2SCCN2C(=S)Nc2ccccc2)cc1. The fourth-order valence-corrected chi connectivity index (χ4v) is 4.27. The van der Waals surface area contributed by atoms with Crippen molar-refractivity contribution in [3.8, 4) is 11.8 Å². The summed E-state index contributed by atoms with van der Waals surface area (Å²) in [6, 6.07) is 18.2. The number of rotatable bonds is 2. The first-order valence-corrected chi connectivity index (χ1v) is 9.98. The van der Waals surface area contributed by atoms with Gasteiger partial charge in [0, 0.05) is 23.5 Å². The Balaban J connectivity index is 1.71. The zero-order valence-electron chi connectivity index (χ0n) is 14.9. The summed E-state index contributed by atoms with van der Waals surface area (Å²) in [5.41, 5.74) is 2.13. The van der Waals surface area contributed by atoms with Crippen LogP contribution in [0.1, 0.15) is 30.3 Å². The molecule has 3 rings (SSSR count). The second-order valence-electron chi connectivity index (χ2n) is 6.64. The molecule has 1 aliphatic rings. The van der Waals surface area contributed by atoms with Gasteiger partial charge in [0.2, 0.25) is 0 Å². The third kappa shape index (κ3) is 5.01. The molecule has 2 aromatic rings. The minimum Gasteiger partial charge on any atom is -0.378 e. The van der Waals surface area contributed by atoms with Gasteiger partial charge in [0.15, 0.2) is 5.11 Å². The van der Waals surface area contributed by atoms with Gasteiger partial charge in [0.25, 0.3) is 0 Å². The summed E-state index contributed by atoms with van der Waals surface area (Å²) in [7, 11) is 0. The number of thioether (sulfide) groups is 1. The summed E-state index contributed by atoms with van der Waals surface area (Å²) in [4.78, 5) is 2.23. The van der Waals surface area contributed by atoms with Crippen molar-refractivity contribution in [3.63, 3.8) is 0 Å². The van der Waals surface area contributed by atoms with Crippen LogP contribution in [0, 0.1) is 11.8 Å². The summed E-state index contributed by atoms with van der Waals surface area (Å²) >= 11 is 7.52. The average Bonchev–Trinajstić information content (AvgIpc) is 3.10. The molecule has 5 heteroatoms. The van der Waals surface area contributed by atoms with Crippen LogP contribution in [0.5, 0.6) is 0 Å². The summed E-state index contributed by atoms with van der Waals surface area (Å²) in [6.07, 6.45) is 0. The number of thiocarbonyl (C=S) groups is 1. The van der Waals surface area contributed by atoms with Gasteiger partial charge in [-0.3, -0.25) is 0 Å². The molecule has 0 aromatic heterocycles. The average molecular weight is 383 g/mol. The van der Waals surface area contributed by atoms with Gasteiger partial charge in [-0.2, -0.15) is 0 Å². The van der Waals surface area contributed by atoms with E-state index in [-0.39, 0.29) is 5.37 Å². The van der Waals surface area contributed by atoms with Gasteiger partial charge in [0.1, 0.15) is 11.0 Å². The predicted octanol–water partition coefficient (Wildman–Crippen LogP) is 4.25. The van der Waals surface area contributed by atoms with Crippen molar-refractivity contribution < 1.29 is 5.11 Å². The van der Waals surface area contributed by atoms with E-state index in [1.54, 1.807) is 13.8 Å². The molecule has 26 heavy (non-hydrogen) atoms. The molecule has 0 spiro atoms. The molecular formula is C21H22N2OS2. The van der Waals surface area contributed by atoms with Crippen LogP contribution in [-0.4, -0.2) is 33.0 Å². The first-order valence-electron chi connectivity index (χ1n) is 8.52. The van der Waals surface area contributed by atoms with Gasteiger partial charge >= 0.3 is 0 Å². The standard InChI is InChI=1S/C21H22N2OS2/c1-21(2,24)13-12-16-8-10-17(11-9-16)19-23(14-15-26-19)20(25)22-18-6-4-3-5-7-18/h3-11,19,24H,14-15H2,1-2H3,(H,22,25). The van der Waals surface area contributed by atoms with Crippen molar-refractivity contribution in [2.45, 2.75) is 24.8 Å². The zero-order chi connectivity index (χ0) is 18.6. The molecule has 1 atom stereocenters. The van der Waals surface area contributed by atoms with E-state index < -0.39 is 5.60 Å². The summed E-state index contributed by atoms with van der Waals surface area (Å²) < 4.78 is 0. The van der Waals surface area contributed by atoms with E-state index in [0.29, 0.717) is 0 Å². The van der Waals surface area contributed by atoms with Gasteiger partial charge < -0.3 is 15.3 Å². The van der Waals surface area contributed by atoms with Crippen LogP contribution in [0.3, 0.4) is 0 Å². The minimum atomic E-state index is -0.980. The number of nitrogens with one attached hydrogen (secondary N) is 1. The molecule has 0 radical (unpaired) electrons. The number of nitrogens with zero attached hydrogens (tertiary/aromatic N) is 1. The highest BCUT2D eigenvalue weighted by Crippen LogP contribution is 2.38. The summed E-state index contributed by atoms with van der Waals surface area (Å²) in [5, 5.41) is 14.0. The van der Waals surface area contributed by atoms with E-state index in [9.17, 15) is 5.11 Å². The van der Waals surface area contributed by atoms with E-state index in [1.807, 2.05) is 54.2 Å². The fourth-order valence-electron chi connectivity index (χ4n) is 2.63. The number of hydrogen-bond donors (Lipinski definition) is 2. The molecule has 1 heterocycles. The highest BCUT2D eigenvalue weighted by atomic mass is 32.2. The van der Waals surface area contributed by atoms with Crippen molar-refractivity contribution in [2.75, 3.05) is 17.6 Å². The molecule has 134 valence electrons. The van der Waals surface area contributed by atoms with Crippen LogP contribution >= 0.6 is 24.0 Å². The molecule has 0 bridgehead atoms. The molecule has 0 saturated carbocycles. The van der Waals surface area contributed by atoms with Gasteiger partial charge in [-0.05, 0) is 55.9 Å². The van der Waals surface area contributed by atoms with Crippen LogP contribution in [-0.2, 0) is 0 Å². The molecule has 1 aliphatic heterocycles. The first kappa shape index (κ1) is 18.8. The molecule has 0 amide bonds. The largest absolute Gasteiger partial charge is 0.378 e. The second-order valence-corrected chi connectivity index (χ2v) is 8.22.